The molecular weight excluding hydrogens is 288 g/mol. The molecule has 0 aliphatic heterocycles. The highest BCUT2D eigenvalue weighted by Crippen LogP contribution is 2.67. The maximum absolute atomic E-state index is 11.9. The lowest BCUT2D eigenvalue weighted by molar-refractivity contribution is -0.178. The molecule has 0 unspecified atom stereocenters. The Labute approximate surface area is 139 Å². The van der Waals surface area contributed by atoms with Gasteiger partial charge in [-0.15, -0.1) is 0 Å². The number of ketones is 1. The van der Waals surface area contributed by atoms with Crippen molar-refractivity contribution in [2.24, 2.45) is 34.5 Å². The summed E-state index contributed by atoms with van der Waals surface area (Å²) >= 11 is 0. The second-order valence-corrected chi connectivity index (χ2v) is 9.80. The molecule has 3 nitrogen and oxygen atoms in total. The van der Waals surface area contributed by atoms with Gasteiger partial charge in [0.1, 0.15) is 5.78 Å². The van der Waals surface area contributed by atoms with Gasteiger partial charge in [-0.2, -0.15) is 0 Å². The smallest absolute Gasteiger partial charge is 0.133 e. The number of carbonyl (C=O) groups excluding carboxylic acids is 1. The lowest BCUT2D eigenvalue weighted by Crippen LogP contribution is -2.59. The molecule has 0 aromatic heterocycles. The highest BCUT2D eigenvalue weighted by Gasteiger charge is 2.64. The van der Waals surface area contributed by atoms with Gasteiger partial charge in [0.2, 0.25) is 0 Å². The Morgan fingerprint density at radius 2 is 1.70 bits per heavy atom. The summed E-state index contributed by atoms with van der Waals surface area (Å²) in [5.74, 6) is 2.18. The van der Waals surface area contributed by atoms with E-state index in [1.807, 2.05) is 6.92 Å². The minimum atomic E-state index is -0.562. The van der Waals surface area contributed by atoms with Crippen molar-refractivity contribution in [3.63, 3.8) is 0 Å². The van der Waals surface area contributed by atoms with Crippen LogP contribution in [0.1, 0.15) is 72.1 Å². The number of rotatable bonds is 0. The van der Waals surface area contributed by atoms with Crippen LogP contribution in [0.3, 0.4) is 0 Å². The normalized spacial score (nSPS) is 59.2. The van der Waals surface area contributed by atoms with Gasteiger partial charge in [0.15, 0.2) is 0 Å². The molecule has 0 spiro atoms. The zero-order valence-corrected chi connectivity index (χ0v) is 14.8. The molecule has 130 valence electrons. The van der Waals surface area contributed by atoms with Gasteiger partial charge in [0.05, 0.1) is 11.7 Å². The van der Waals surface area contributed by atoms with Crippen LogP contribution >= 0.6 is 0 Å². The highest BCUT2D eigenvalue weighted by molar-refractivity contribution is 5.79. The Bertz CT molecular complexity index is 527. The van der Waals surface area contributed by atoms with Gasteiger partial charge in [0, 0.05) is 12.8 Å². The fraction of sp³-hybridized carbons (Fsp3) is 0.950. The molecule has 0 aromatic carbocycles. The van der Waals surface area contributed by atoms with Crippen LogP contribution in [-0.2, 0) is 4.79 Å². The standard InChI is InChI=1S/C20H32O3/c1-18-7-4-12(21)10-16(18)17(22)11-13-14(18)5-8-19(2)15(13)6-9-20(19,3)23/h13-17,22-23H,4-11H2,1-3H3/t13-,14+,15+,16-,17+,18-,19+,20+/m1/s1. The predicted octanol–water partition coefficient (Wildman–Crippen LogP) is 3.32. The summed E-state index contributed by atoms with van der Waals surface area (Å²) in [4.78, 5) is 11.9. The SMILES string of the molecule is C[C@]12CCC(=O)C[C@@H]1[C@@H](O)C[C@@H]1[C@@H]2CC[C@@]2(C)[C@H]1CC[C@]2(C)O. The fourth-order valence-corrected chi connectivity index (χ4v) is 7.33. The first-order valence-electron chi connectivity index (χ1n) is 9.61. The second kappa shape index (κ2) is 4.82. The van der Waals surface area contributed by atoms with E-state index in [1.165, 1.54) is 0 Å². The summed E-state index contributed by atoms with van der Waals surface area (Å²) < 4.78 is 0. The maximum Gasteiger partial charge on any atom is 0.133 e. The van der Waals surface area contributed by atoms with Gasteiger partial charge in [-0.05, 0) is 80.0 Å². The summed E-state index contributed by atoms with van der Waals surface area (Å²) in [5, 5.41) is 21.8. The summed E-state index contributed by atoms with van der Waals surface area (Å²) in [5.41, 5.74) is -0.443. The molecule has 3 heteroatoms. The molecule has 0 amide bonds. The number of hydrogen-bond donors (Lipinski definition) is 2. The van der Waals surface area contributed by atoms with E-state index in [1.54, 1.807) is 0 Å². The van der Waals surface area contributed by atoms with Gasteiger partial charge >= 0.3 is 0 Å². The Kier molecular flexibility index (Phi) is 3.37. The topological polar surface area (TPSA) is 57.5 Å². The van der Waals surface area contributed by atoms with Gasteiger partial charge < -0.3 is 10.2 Å². The Morgan fingerprint density at radius 3 is 2.43 bits per heavy atom. The molecule has 23 heavy (non-hydrogen) atoms. The van der Waals surface area contributed by atoms with Crippen LogP contribution in [-0.4, -0.2) is 27.7 Å². The first-order valence-corrected chi connectivity index (χ1v) is 9.61. The van der Waals surface area contributed by atoms with Gasteiger partial charge in [-0.3, -0.25) is 4.79 Å². The average Bonchev–Trinajstić information content (AvgIpc) is 2.72. The third-order valence-corrected chi connectivity index (χ3v) is 9.06. The first-order chi connectivity index (χ1) is 10.7. The molecule has 0 radical (unpaired) electrons. The Hall–Kier alpha value is -0.410. The number of aliphatic hydroxyl groups is 2. The minimum Gasteiger partial charge on any atom is -0.393 e. The van der Waals surface area contributed by atoms with Crippen molar-refractivity contribution in [1.29, 1.82) is 0 Å². The number of carbonyl (C=O) groups is 1. The average molecular weight is 320 g/mol. The molecule has 8 atom stereocenters. The van der Waals surface area contributed by atoms with Crippen molar-refractivity contribution in [1.82, 2.24) is 0 Å². The largest absolute Gasteiger partial charge is 0.393 e. The van der Waals surface area contributed by atoms with E-state index in [4.69, 9.17) is 0 Å². The summed E-state index contributed by atoms with van der Waals surface area (Å²) in [6, 6.07) is 0. The number of fused-ring (bicyclic) bond motifs is 5. The van der Waals surface area contributed by atoms with E-state index < -0.39 is 5.60 Å². The van der Waals surface area contributed by atoms with E-state index in [-0.39, 0.29) is 22.9 Å². The zero-order chi connectivity index (χ0) is 16.6. The number of aliphatic hydroxyl groups excluding tert-OH is 1. The molecule has 4 aliphatic rings. The molecule has 0 aromatic rings. The molecule has 4 saturated carbocycles. The van der Waals surface area contributed by atoms with Crippen LogP contribution < -0.4 is 0 Å². The monoisotopic (exact) mass is 320 g/mol. The molecule has 0 heterocycles. The second-order valence-electron chi connectivity index (χ2n) is 9.80. The lowest BCUT2D eigenvalue weighted by Gasteiger charge is -2.62. The van der Waals surface area contributed by atoms with E-state index in [9.17, 15) is 15.0 Å². The summed E-state index contributed by atoms with van der Waals surface area (Å²) in [6.07, 6.45) is 6.98. The van der Waals surface area contributed by atoms with Crippen LogP contribution in [0.4, 0.5) is 0 Å². The molecule has 2 N–H and O–H groups in total. The quantitative estimate of drug-likeness (QED) is 0.720. The molecule has 4 fully saturated rings. The van der Waals surface area contributed by atoms with E-state index >= 15 is 0 Å². The van der Waals surface area contributed by atoms with Gasteiger partial charge in [-0.1, -0.05) is 13.8 Å². The lowest BCUT2D eigenvalue weighted by atomic mass is 9.44. The fourth-order valence-electron chi connectivity index (χ4n) is 7.33. The predicted molar refractivity (Wildman–Crippen MR) is 88.7 cm³/mol. The molecule has 4 aliphatic carbocycles. The molecular formula is C20H32O3. The first kappa shape index (κ1) is 16.1. The Morgan fingerprint density at radius 1 is 1.00 bits per heavy atom. The highest BCUT2D eigenvalue weighted by atomic mass is 16.3. The van der Waals surface area contributed by atoms with Crippen molar-refractivity contribution in [2.45, 2.75) is 83.8 Å². The van der Waals surface area contributed by atoms with E-state index in [2.05, 4.69) is 13.8 Å². The molecule has 0 saturated heterocycles. The van der Waals surface area contributed by atoms with Crippen molar-refractivity contribution < 1.29 is 15.0 Å². The van der Waals surface area contributed by atoms with Crippen LogP contribution in [0.25, 0.3) is 0 Å². The third-order valence-electron chi connectivity index (χ3n) is 9.06. The molecule has 4 rings (SSSR count). The van der Waals surface area contributed by atoms with Crippen LogP contribution in [0, 0.1) is 34.5 Å². The van der Waals surface area contributed by atoms with Crippen molar-refractivity contribution in [2.75, 3.05) is 0 Å². The maximum atomic E-state index is 11.9. The van der Waals surface area contributed by atoms with E-state index in [0.29, 0.717) is 36.4 Å². The zero-order valence-electron chi connectivity index (χ0n) is 14.8. The van der Waals surface area contributed by atoms with Crippen molar-refractivity contribution in [3.8, 4) is 0 Å². The molecule has 0 bridgehead atoms. The van der Waals surface area contributed by atoms with Crippen LogP contribution in [0.2, 0.25) is 0 Å². The van der Waals surface area contributed by atoms with Crippen LogP contribution in [0.5, 0.6) is 0 Å². The summed E-state index contributed by atoms with van der Waals surface area (Å²) in [6.45, 7) is 6.66. The number of Topliss-reactive ketones (excluding diaryl/α,β-unsaturated/α-hetero) is 1. The van der Waals surface area contributed by atoms with Gasteiger partial charge in [-0.25, -0.2) is 0 Å². The minimum absolute atomic E-state index is 0.00156. The summed E-state index contributed by atoms with van der Waals surface area (Å²) in [7, 11) is 0. The van der Waals surface area contributed by atoms with Crippen LogP contribution in [0.15, 0.2) is 0 Å². The third kappa shape index (κ3) is 1.99. The van der Waals surface area contributed by atoms with E-state index in [0.717, 1.165) is 38.5 Å². The Balaban J connectivity index is 1.69. The van der Waals surface area contributed by atoms with Gasteiger partial charge in [0.25, 0.3) is 0 Å². The number of hydrogen-bond acceptors (Lipinski definition) is 3. The van der Waals surface area contributed by atoms with Crippen molar-refractivity contribution in [3.05, 3.63) is 0 Å². The van der Waals surface area contributed by atoms with Crippen molar-refractivity contribution >= 4 is 5.78 Å².